The normalized spacial score (nSPS) is 11.1. The number of benzene rings is 2. The van der Waals surface area contributed by atoms with E-state index in [9.17, 15) is 18.8 Å². The van der Waals surface area contributed by atoms with Crippen LogP contribution in [-0.4, -0.2) is 32.5 Å². The number of aryl methyl sites for hydroxylation is 3. The Hall–Kier alpha value is -4.07. The van der Waals surface area contributed by atoms with E-state index in [0.717, 1.165) is 5.69 Å². The number of Topliss-reactive ketones (excluding diaryl/α,β-unsaturated/α-hetero) is 1. The zero-order valence-electron chi connectivity index (χ0n) is 19.4. The lowest BCUT2D eigenvalue weighted by molar-refractivity contribution is 0.0474. The van der Waals surface area contributed by atoms with Crippen LogP contribution in [0.4, 0.5) is 4.39 Å². The second-order valence-electron chi connectivity index (χ2n) is 8.05. The standard InChI is InChI=1S/C26H24FN3O4/c1-5-29-23-10-9-18(12-22(23)28-16(3)25(29)32)26(33)34-14-24(31)21-11-15(2)30(17(21)4)20-8-6-7-19(27)13-20/h6-13H,5,14H2,1-4H3. The van der Waals surface area contributed by atoms with E-state index in [1.807, 2.05) is 13.8 Å². The molecule has 0 saturated heterocycles. The molecular formula is C26H24FN3O4. The molecule has 34 heavy (non-hydrogen) atoms. The van der Waals surface area contributed by atoms with Crippen molar-refractivity contribution in [3.8, 4) is 5.69 Å². The van der Waals surface area contributed by atoms with Gasteiger partial charge in [0.1, 0.15) is 11.5 Å². The molecule has 174 valence electrons. The van der Waals surface area contributed by atoms with E-state index in [1.54, 1.807) is 59.4 Å². The monoisotopic (exact) mass is 461 g/mol. The molecule has 0 aliphatic rings. The molecule has 0 atom stereocenters. The molecule has 0 N–H and O–H groups in total. The first kappa shape index (κ1) is 23.1. The molecule has 0 spiro atoms. The highest BCUT2D eigenvalue weighted by molar-refractivity contribution is 6.01. The number of ether oxygens (including phenoxy) is 1. The molecule has 8 heteroatoms. The first-order valence-corrected chi connectivity index (χ1v) is 10.9. The number of ketones is 1. The Labute approximate surface area is 195 Å². The van der Waals surface area contributed by atoms with Crippen LogP contribution in [0.3, 0.4) is 0 Å². The third-order valence-corrected chi connectivity index (χ3v) is 5.79. The molecule has 0 amide bonds. The van der Waals surface area contributed by atoms with E-state index in [-0.39, 0.29) is 22.7 Å². The predicted molar refractivity (Wildman–Crippen MR) is 126 cm³/mol. The van der Waals surface area contributed by atoms with Crippen LogP contribution in [0.25, 0.3) is 16.7 Å². The van der Waals surface area contributed by atoms with E-state index in [2.05, 4.69) is 4.98 Å². The van der Waals surface area contributed by atoms with Crippen LogP contribution < -0.4 is 5.56 Å². The highest BCUT2D eigenvalue weighted by atomic mass is 19.1. The summed E-state index contributed by atoms with van der Waals surface area (Å²) < 4.78 is 22.3. The Balaban J connectivity index is 1.54. The Kier molecular flexibility index (Phi) is 6.15. The van der Waals surface area contributed by atoms with Gasteiger partial charge in [0, 0.05) is 29.2 Å². The number of nitrogens with zero attached hydrogens (tertiary/aromatic N) is 3. The van der Waals surface area contributed by atoms with Gasteiger partial charge in [0.2, 0.25) is 5.78 Å². The number of esters is 1. The van der Waals surface area contributed by atoms with Gasteiger partial charge in [0.15, 0.2) is 6.61 Å². The fourth-order valence-corrected chi connectivity index (χ4v) is 4.17. The first-order chi connectivity index (χ1) is 16.2. The summed E-state index contributed by atoms with van der Waals surface area (Å²) >= 11 is 0. The van der Waals surface area contributed by atoms with Crippen molar-refractivity contribution >= 4 is 22.8 Å². The van der Waals surface area contributed by atoms with Crippen LogP contribution in [0, 0.1) is 26.6 Å². The summed E-state index contributed by atoms with van der Waals surface area (Å²) in [6.45, 7) is 7.10. The summed E-state index contributed by atoms with van der Waals surface area (Å²) in [6.07, 6.45) is 0. The second kappa shape index (κ2) is 9.05. The van der Waals surface area contributed by atoms with Gasteiger partial charge in [-0.1, -0.05) is 6.07 Å². The molecule has 0 bridgehead atoms. The van der Waals surface area contributed by atoms with E-state index >= 15 is 0 Å². The third kappa shape index (κ3) is 4.14. The average Bonchev–Trinajstić information content (AvgIpc) is 3.11. The smallest absolute Gasteiger partial charge is 0.338 e. The summed E-state index contributed by atoms with van der Waals surface area (Å²) in [5, 5.41) is 0. The van der Waals surface area contributed by atoms with Crippen molar-refractivity contribution in [1.29, 1.82) is 0 Å². The zero-order valence-corrected chi connectivity index (χ0v) is 19.4. The van der Waals surface area contributed by atoms with Crippen molar-refractivity contribution < 1.29 is 18.7 Å². The van der Waals surface area contributed by atoms with Crippen molar-refractivity contribution in [3.63, 3.8) is 0 Å². The van der Waals surface area contributed by atoms with Crippen molar-refractivity contribution in [2.45, 2.75) is 34.2 Å². The molecule has 0 saturated carbocycles. The van der Waals surface area contributed by atoms with E-state index in [1.165, 1.54) is 12.1 Å². The summed E-state index contributed by atoms with van der Waals surface area (Å²) in [7, 11) is 0. The lowest BCUT2D eigenvalue weighted by atomic mass is 10.1. The van der Waals surface area contributed by atoms with Gasteiger partial charge in [-0.2, -0.15) is 0 Å². The van der Waals surface area contributed by atoms with Gasteiger partial charge in [-0.05, 0) is 70.2 Å². The molecule has 2 aromatic carbocycles. The minimum Gasteiger partial charge on any atom is -0.454 e. The topological polar surface area (TPSA) is 83.2 Å². The molecular weight excluding hydrogens is 437 g/mol. The van der Waals surface area contributed by atoms with Crippen LogP contribution in [0.1, 0.15) is 44.7 Å². The Morgan fingerprint density at radius 3 is 2.53 bits per heavy atom. The summed E-state index contributed by atoms with van der Waals surface area (Å²) in [5.74, 6) is -1.40. The fraction of sp³-hybridized carbons (Fsp3) is 0.231. The molecule has 0 aliphatic carbocycles. The van der Waals surface area contributed by atoms with Gasteiger partial charge >= 0.3 is 5.97 Å². The van der Waals surface area contributed by atoms with Crippen LogP contribution in [0.15, 0.2) is 53.3 Å². The fourth-order valence-electron chi connectivity index (χ4n) is 4.17. The van der Waals surface area contributed by atoms with Gasteiger partial charge in [-0.3, -0.25) is 9.59 Å². The van der Waals surface area contributed by atoms with Crippen LogP contribution in [0.5, 0.6) is 0 Å². The highest BCUT2D eigenvalue weighted by Crippen LogP contribution is 2.22. The van der Waals surface area contributed by atoms with Gasteiger partial charge in [0.05, 0.1) is 16.6 Å². The maximum atomic E-state index is 13.7. The molecule has 0 unspecified atom stereocenters. The van der Waals surface area contributed by atoms with Gasteiger partial charge in [-0.15, -0.1) is 0 Å². The Morgan fingerprint density at radius 1 is 1.06 bits per heavy atom. The van der Waals surface area contributed by atoms with Crippen molar-refractivity contribution in [1.82, 2.24) is 14.1 Å². The number of halogens is 1. The summed E-state index contributed by atoms with van der Waals surface area (Å²) in [5.41, 5.74) is 3.92. The highest BCUT2D eigenvalue weighted by Gasteiger charge is 2.19. The quantitative estimate of drug-likeness (QED) is 0.316. The Morgan fingerprint density at radius 2 is 1.82 bits per heavy atom. The van der Waals surface area contributed by atoms with Crippen molar-refractivity contribution in [3.05, 3.63) is 92.9 Å². The van der Waals surface area contributed by atoms with Gasteiger partial charge < -0.3 is 13.9 Å². The Bertz CT molecular complexity index is 1500. The van der Waals surface area contributed by atoms with E-state index < -0.39 is 12.6 Å². The van der Waals surface area contributed by atoms with Crippen molar-refractivity contribution in [2.24, 2.45) is 0 Å². The summed E-state index contributed by atoms with van der Waals surface area (Å²) in [4.78, 5) is 42.0. The third-order valence-electron chi connectivity index (χ3n) is 5.79. The second-order valence-corrected chi connectivity index (χ2v) is 8.05. The molecule has 0 fully saturated rings. The lowest BCUT2D eigenvalue weighted by Crippen LogP contribution is -2.23. The molecule has 0 radical (unpaired) electrons. The minimum atomic E-state index is -0.664. The molecule has 4 aromatic rings. The number of hydrogen-bond donors (Lipinski definition) is 0. The van der Waals surface area contributed by atoms with Crippen LogP contribution >= 0.6 is 0 Å². The molecule has 2 heterocycles. The SMILES string of the molecule is CCn1c(=O)c(C)nc2cc(C(=O)OCC(=O)c3cc(C)n(-c4cccc(F)c4)c3C)ccc21. The van der Waals surface area contributed by atoms with Crippen LogP contribution in [-0.2, 0) is 11.3 Å². The van der Waals surface area contributed by atoms with E-state index in [0.29, 0.717) is 40.2 Å². The molecule has 7 nitrogen and oxygen atoms in total. The average molecular weight is 461 g/mol. The predicted octanol–water partition coefficient (Wildman–Crippen LogP) is 4.31. The maximum absolute atomic E-state index is 13.7. The molecule has 2 aromatic heterocycles. The number of aromatic nitrogens is 3. The number of fused-ring (bicyclic) bond motifs is 1. The number of rotatable bonds is 6. The molecule has 4 rings (SSSR count). The zero-order chi connectivity index (χ0) is 24.6. The lowest BCUT2D eigenvalue weighted by Gasteiger charge is -2.11. The van der Waals surface area contributed by atoms with Crippen molar-refractivity contribution in [2.75, 3.05) is 6.61 Å². The van der Waals surface area contributed by atoms with Gasteiger partial charge in [0.25, 0.3) is 5.56 Å². The van der Waals surface area contributed by atoms with E-state index in [4.69, 9.17) is 4.74 Å². The maximum Gasteiger partial charge on any atom is 0.338 e. The molecule has 0 aliphatic heterocycles. The minimum absolute atomic E-state index is 0.174. The number of carbonyl (C=O) groups is 2. The number of hydrogen-bond acceptors (Lipinski definition) is 5. The summed E-state index contributed by atoms with van der Waals surface area (Å²) in [6, 6.07) is 12.6. The largest absolute Gasteiger partial charge is 0.454 e. The first-order valence-electron chi connectivity index (χ1n) is 10.9. The number of carbonyl (C=O) groups excluding carboxylic acids is 2. The van der Waals surface area contributed by atoms with Crippen LogP contribution in [0.2, 0.25) is 0 Å². The van der Waals surface area contributed by atoms with Gasteiger partial charge in [-0.25, -0.2) is 14.2 Å².